The Balaban J connectivity index is 2.22. The van der Waals surface area contributed by atoms with Gasteiger partial charge in [-0.25, -0.2) is 8.42 Å². The first-order valence-electron chi connectivity index (χ1n) is 6.46. The highest BCUT2D eigenvalue weighted by Crippen LogP contribution is 2.17. The minimum Gasteiger partial charge on any atom is -0.315 e. The summed E-state index contributed by atoms with van der Waals surface area (Å²) in [6, 6.07) is 5.95. The summed E-state index contributed by atoms with van der Waals surface area (Å²) >= 11 is 5.47. The standard InChI is InChI=1S/C13H17ClN2O3S/c14-10-13(17)11-2-4-12(5-3-11)20(18,19)16-8-1-6-15-7-9-16/h2-5,15H,1,6-10H2. The number of carbonyl (C=O) groups excluding carboxylic acids is 1. The van der Waals surface area contributed by atoms with Crippen LogP contribution in [0, 0.1) is 0 Å². The number of carbonyl (C=O) groups is 1. The highest BCUT2D eigenvalue weighted by Gasteiger charge is 2.25. The molecule has 2 rings (SSSR count). The van der Waals surface area contributed by atoms with E-state index in [4.69, 9.17) is 11.6 Å². The van der Waals surface area contributed by atoms with E-state index in [0.29, 0.717) is 25.2 Å². The number of nitrogens with one attached hydrogen (secondary N) is 1. The fourth-order valence-corrected chi connectivity index (χ4v) is 3.73. The van der Waals surface area contributed by atoms with Gasteiger partial charge in [0.2, 0.25) is 10.0 Å². The SMILES string of the molecule is O=C(CCl)c1ccc(S(=O)(=O)N2CCCNCC2)cc1. The molecule has 1 N–H and O–H groups in total. The lowest BCUT2D eigenvalue weighted by Gasteiger charge is -2.19. The summed E-state index contributed by atoms with van der Waals surface area (Å²) in [5.74, 6) is -0.321. The van der Waals surface area contributed by atoms with Gasteiger partial charge in [0.25, 0.3) is 0 Å². The molecule has 1 aliphatic heterocycles. The topological polar surface area (TPSA) is 66.5 Å². The summed E-state index contributed by atoms with van der Waals surface area (Å²) < 4.78 is 26.4. The first-order chi connectivity index (χ1) is 9.55. The van der Waals surface area contributed by atoms with Crippen LogP contribution in [0.1, 0.15) is 16.8 Å². The Labute approximate surface area is 124 Å². The van der Waals surface area contributed by atoms with Gasteiger partial charge in [0.05, 0.1) is 10.8 Å². The molecule has 1 heterocycles. The van der Waals surface area contributed by atoms with Gasteiger partial charge in [0, 0.05) is 25.2 Å². The number of ketones is 1. The van der Waals surface area contributed by atoms with Crippen molar-refractivity contribution in [2.24, 2.45) is 0 Å². The maximum Gasteiger partial charge on any atom is 0.243 e. The van der Waals surface area contributed by atoms with Gasteiger partial charge in [-0.1, -0.05) is 12.1 Å². The smallest absolute Gasteiger partial charge is 0.243 e. The zero-order valence-corrected chi connectivity index (χ0v) is 12.6. The molecule has 1 fully saturated rings. The van der Waals surface area contributed by atoms with Crippen LogP contribution in [0.15, 0.2) is 29.2 Å². The van der Waals surface area contributed by atoms with Crippen molar-refractivity contribution < 1.29 is 13.2 Å². The molecule has 5 nitrogen and oxygen atoms in total. The number of alkyl halides is 1. The minimum absolute atomic E-state index is 0.107. The fourth-order valence-electron chi connectivity index (χ4n) is 2.10. The van der Waals surface area contributed by atoms with Crippen molar-refractivity contribution in [2.45, 2.75) is 11.3 Å². The number of hydrogen-bond donors (Lipinski definition) is 1. The largest absolute Gasteiger partial charge is 0.315 e. The lowest BCUT2D eigenvalue weighted by molar-refractivity contribution is 0.102. The summed E-state index contributed by atoms with van der Waals surface area (Å²) in [7, 11) is -3.49. The van der Waals surface area contributed by atoms with Gasteiger partial charge >= 0.3 is 0 Å². The molecule has 1 aliphatic rings. The third-order valence-electron chi connectivity index (χ3n) is 3.23. The number of rotatable bonds is 4. The molecule has 7 heteroatoms. The van der Waals surface area contributed by atoms with Crippen LogP contribution in [0.25, 0.3) is 0 Å². The van der Waals surface area contributed by atoms with E-state index in [1.165, 1.54) is 28.6 Å². The van der Waals surface area contributed by atoms with Crippen molar-refractivity contribution in [3.05, 3.63) is 29.8 Å². The van der Waals surface area contributed by atoms with Crippen LogP contribution in [0.5, 0.6) is 0 Å². The van der Waals surface area contributed by atoms with Crippen molar-refractivity contribution >= 4 is 27.4 Å². The number of benzene rings is 1. The maximum absolute atomic E-state index is 12.5. The second-order valence-corrected chi connectivity index (χ2v) is 6.79. The van der Waals surface area contributed by atoms with Crippen LogP contribution in [-0.2, 0) is 10.0 Å². The molecule has 0 aliphatic carbocycles. The van der Waals surface area contributed by atoms with Crippen LogP contribution in [-0.4, -0.2) is 50.6 Å². The van der Waals surface area contributed by atoms with Crippen LogP contribution in [0.3, 0.4) is 0 Å². The molecule has 0 radical (unpaired) electrons. The fraction of sp³-hybridized carbons (Fsp3) is 0.462. The molecule has 20 heavy (non-hydrogen) atoms. The Morgan fingerprint density at radius 2 is 1.90 bits per heavy atom. The number of nitrogens with zero attached hydrogens (tertiary/aromatic N) is 1. The van der Waals surface area contributed by atoms with Gasteiger partial charge in [-0.2, -0.15) is 4.31 Å². The summed E-state index contributed by atoms with van der Waals surface area (Å²) in [6.07, 6.45) is 0.794. The van der Waals surface area contributed by atoms with E-state index in [-0.39, 0.29) is 16.6 Å². The molecule has 1 aromatic carbocycles. The van der Waals surface area contributed by atoms with E-state index in [0.717, 1.165) is 13.0 Å². The van der Waals surface area contributed by atoms with Gasteiger partial charge in [-0.3, -0.25) is 4.79 Å². The molecule has 0 bridgehead atoms. The number of hydrogen-bond acceptors (Lipinski definition) is 4. The number of halogens is 1. The lowest BCUT2D eigenvalue weighted by atomic mass is 10.1. The Bertz CT molecular complexity index is 564. The summed E-state index contributed by atoms with van der Waals surface area (Å²) in [6.45, 7) is 2.46. The van der Waals surface area contributed by atoms with Crippen molar-refractivity contribution in [3.8, 4) is 0 Å². The summed E-state index contributed by atoms with van der Waals surface area (Å²) in [5.41, 5.74) is 0.427. The van der Waals surface area contributed by atoms with Gasteiger partial charge in [0.1, 0.15) is 0 Å². The predicted octanol–water partition coefficient (Wildman–Crippen LogP) is 1.09. The average molecular weight is 317 g/mol. The van der Waals surface area contributed by atoms with E-state index in [1.807, 2.05) is 0 Å². The van der Waals surface area contributed by atoms with Gasteiger partial charge in [-0.15, -0.1) is 11.6 Å². The quantitative estimate of drug-likeness (QED) is 0.667. The minimum atomic E-state index is -3.49. The van der Waals surface area contributed by atoms with Crippen molar-refractivity contribution in [1.29, 1.82) is 0 Å². The lowest BCUT2D eigenvalue weighted by Crippen LogP contribution is -2.34. The maximum atomic E-state index is 12.5. The molecule has 110 valence electrons. The highest BCUT2D eigenvalue weighted by molar-refractivity contribution is 7.89. The second kappa shape index (κ2) is 6.67. The number of Topliss-reactive ketones (excluding diaryl/α,β-unsaturated/α-hetero) is 1. The zero-order valence-electron chi connectivity index (χ0n) is 11.0. The monoisotopic (exact) mass is 316 g/mol. The Morgan fingerprint density at radius 3 is 2.55 bits per heavy atom. The van der Waals surface area contributed by atoms with Crippen molar-refractivity contribution in [2.75, 3.05) is 32.1 Å². The van der Waals surface area contributed by atoms with E-state index in [2.05, 4.69) is 5.32 Å². The predicted molar refractivity (Wildman–Crippen MR) is 77.7 cm³/mol. The van der Waals surface area contributed by atoms with Crippen LogP contribution in [0.2, 0.25) is 0 Å². The molecule has 0 spiro atoms. The van der Waals surface area contributed by atoms with E-state index in [1.54, 1.807) is 0 Å². The third kappa shape index (κ3) is 3.38. The van der Waals surface area contributed by atoms with Gasteiger partial charge < -0.3 is 5.32 Å². The van der Waals surface area contributed by atoms with Crippen LogP contribution in [0.4, 0.5) is 0 Å². The average Bonchev–Trinajstić information content (AvgIpc) is 2.76. The molecule has 0 aromatic heterocycles. The number of sulfonamides is 1. The molecule has 0 amide bonds. The molecule has 0 saturated carbocycles. The van der Waals surface area contributed by atoms with Crippen molar-refractivity contribution in [1.82, 2.24) is 9.62 Å². The zero-order chi connectivity index (χ0) is 14.6. The molecule has 0 atom stereocenters. The second-order valence-electron chi connectivity index (χ2n) is 4.59. The molecule has 1 saturated heterocycles. The van der Waals surface area contributed by atoms with Crippen LogP contribution >= 0.6 is 11.6 Å². The van der Waals surface area contributed by atoms with Gasteiger partial charge in [-0.05, 0) is 25.1 Å². The van der Waals surface area contributed by atoms with E-state index >= 15 is 0 Å². The molecular weight excluding hydrogens is 300 g/mol. The molecule has 0 unspecified atom stereocenters. The van der Waals surface area contributed by atoms with Gasteiger partial charge in [0.15, 0.2) is 5.78 Å². The summed E-state index contributed by atoms with van der Waals surface area (Å²) in [4.78, 5) is 11.6. The molecular formula is C13H17ClN2O3S. The van der Waals surface area contributed by atoms with Crippen molar-refractivity contribution in [3.63, 3.8) is 0 Å². The molecule has 1 aromatic rings. The third-order valence-corrected chi connectivity index (χ3v) is 5.39. The van der Waals surface area contributed by atoms with Crippen LogP contribution < -0.4 is 5.32 Å². The Hall–Kier alpha value is -0.950. The van der Waals surface area contributed by atoms with E-state index < -0.39 is 10.0 Å². The summed E-state index contributed by atoms with van der Waals surface area (Å²) in [5, 5.41) is 3.17. The van der Waals surface area contributed by atoms with E-state index in [9.17, 15) is 13.2 Å². The Kier molecular flexibility index (Phi) is 5.15. The normalized spacial score (nSPS) is 17.6. The first kappa shape index (κ1) is 15.4. The Morgan fingerprint density at radius 1 is 1.20 bits per heavy atom. The first-order valence-corrected chi connectivity index (χ1v) is 8.43. The highest BCUT2D eigenvalue weighted by atomic mass is 35.5.